The van der Waals surface area contributed by atoms with Gasteiger partial charge in [-0.05, 0) is 26.2 Å². The number of piperidine rings is 1. The van der Waals surface area contributed by atoms with Crippen LogP contribution in [-0.2, 0) is 9.53 Å². The molecule has 1 aromatic heterocycles. The van der Waals surface area contributed by atoms with Crippen LogP contribution in [0.3, 0.4) is 0 Å². The molecule has 1 atom stereocenters. The third-order valence-electron chi connectivity index (χ3n) is 5.03. The number of aromatic nitrogens is 2. The van der Waals surface area contributed by atoms with Crippen LogP contribution >= 0.6 is 0 Å². The average molecular weight is 332 g/mol. The van der Waals surface area contributed by atoms with E-state index in [0.717, 1.165) is 31.5 Å². The average Bonchev–Trinajstić information content (AvgIpc) is 2.89. The summed E-state index contributed by atoms with van der Waals surface area (Å²) in [6, 6.07) is 0. The van der Waals surface area contributed by atoms with Crippen molar-refractivity contribution in [1.29, 1.82) is 0 Å². The van der Waals surface area contributed by atoms with Crippen LogP contribution in [0.4, 0.5) is 0 Å². The molecule has 3 heterocycles. The van der Waals surface area contributed by atoms with Gasteiger partial charge in [-0.3, -0.25) is 14.6 Å². The molecule has 1 aromatic rings. The monoisotopic (exact) mass is 332 g/mol. The van der Waals surface area contributed by atoms with Crippen molar-refractivity contribution in [3.8, 4) is 0 Å². The number of carbonyl (C=O) groups is 2. The molecule has 0 aromatic carbocycles. The molecule has 24 heavy (non-hydrogen) atoms. The summed E-state index contributed by atoms with van der Waals surface area (Å²) in [5.74, 6) is 0.0248. The highest BCUT2D eigenvalue weighted by Gasteiger charge is 2.49. The first-order valence-electron chi connectivity index (χ1n) is 8.42. The Morgan fingerprint density at radius 2 is 2.12 bits per heavy atom. The van der Waals surface area contributed by atoms with E-state index in [2.05, 4.69) is 9.97 Å². The summed E-state index contributed by atoms with van der Waals surface area (Å²) in [4.78, 5) is 37.5. The van der Waals surface area contributed by atoms with Gasteiger partial charge in [-0.1, -0.05) is 0 Å². The minimum atomic E-state index is -0.431. The number of ether oxygens (including phenoxy) is 1. The van der Waals surface area contributed by atoms with Gasteiger partial charge < -0.3 is 14.5 Å². The molecule has 7 nitrogen and oxygen atoms in total. The molecule has 0 radical (unpaired) electrons. The summed E-state index contributed by atoms with van der Waals surface area (Å²) in [6.45, 7) is 4.89. The summed E-state index contributed by atoms with van der Waals surface area (Å²) in [6.07, 6.45) is 5.60. The maximum atomic E-state index is 12.8. The van der Waals surface area contributed by atoms with Crippen LogP contribution in [-0.4, -0.2) is 71.5 Å². The van der Waals surface area contributed by atoms with Crippen LogP contribution in [0.1, 0.15) is 35.4 Å². The number of nitrogens with zero attached hydrogens (tertiary/aromatic N) is 4. The van der Waals surface area contributed by atoms with E-state index in [1.165, 1.54) is 6.20 Å². The van der Waals surface area contributed by atoms with Gasteiger partial charge in [0.2, 0.25) is 5.91 Å². The van der Waals surface area contributed by atoms with Crippen LogP contribution in [0.15, 0.2) is 12.4 Å². The number of rotatable bonds is 4. The zero-order chi connectivity index (χ0) is 17.2. The minimum absolute atomic E-state index is 0.135. The molecule has 0 aliphatic carbocycles. The van der Waals surface area contributed by atoms with Crippen LogP contribution in [0, 0.1) is 12.3 Å². The van der Waals surface area contributed by atoms with E-state index in [1.807, 2.05) is 11.8 Å². The first-order chi connectivity index (χ1) is 11.6. The molecule has 2 aliphatic rings. The van der Waals surface area contributed by atoms with Gasteiger partial charge in [0.05, 0.1) is 23.9 Å². The Labute approximate surface area is 142 Å². The summed E-state index contributed by atoms with van der Waals surface area (Å²) in [7, 11) is 1.64. The largest absolute Gasteiger partial charge is 0.383 e. The van der Waals surface area contributed by atoms with E-state index in [1.54, 1.807) is 18.2 Å². The van der Waals surface area contributed by atoms with Crippen molar-refractivity contribution in [1.82, 2.24) is 19.8 Å². The second-order valence-electron chi connectivity index (χ2n) is 6.69. The summed E-state index contributed by atoms with van der Waals surface area (Å²) >= 11 is 0. The lowest BCUT2D eigenvalue weighted by Gasteiger charge is -2.38. The Morgan fingerprint density at radius 3 is 2.83 bits per heavy atom. The molecule has 1 spiro atoms. The predicted octanol–water partition coefficient (Wildman–Crippen LogP) is 0.886. The van der Waals surface area contributed by atoms with Crippen molar-refractivity contribution in [2.75, 3.05) is 39.9 Å². The topological polar surface area (TPSA) is 75.6 Å². The molecular formula is C17H24N4O3. The van der Waals surface area contributed by atoms with E-state index >= 15 is 0 Å². The normalized spacial score (nSPS) is 24.0. The Bertz CT molecular complexity index is 619. The van der Waals surface area contributed by atoms with Crippen molar-refractivity contribution in [3.05, 3.63) is 23.8 Å². The number of aryl methyl sites for hydroxylation is 1. The highest BCUT2D eigenvalue weighted by atomic mass is 16.5. The molecule has 0 bridgehead atoms. The van der Waals surface area contributed by atoms with E-state index in [9.17, 15) is 9.59 Å². The quantitative estimate of drug-likeness (QED) is 0.818. The third kappa shape index (κ3) is 3.13. The van der Waals surface area contributed by atoms with Gasteiger partial charge in [-0.2, -0.15) is 0 Å². The number of methoxy groups -OCH3 is 1. The maximum Gasteiger partial charge on any atom is 0.274 e. The summed E-state index contributed by atoms with van der Waals surface area (Å²) < 4.78 is 5.08. The molecular weight excluding hydrogens is 308 g/mol. The smallest absolute Gasteiger partial charge is 0.274 e. The molecule has 0 N–H and O–H groups in total. The Morgan fingerprint density at radius 1 is 1.29 bits per heavy atom. The van der Waals surface area contributed by atoms with Crippen molar-refractivity contribution >= 4 is 11.8 Å². The summed E-state index contributed by atoms with van der Waals surface area (Å²) in [5.41, 5.74) is 0.695. The number of hydrogen-bond acceptors (Lipinski definition) is 5. The molecule has 0 saturated carbocycles. The third-order valence-corrected chi connectivity index (χ3v) is 5.03. The second kappa shape index (κ2) is 6.84. The van der Waals surface area contributed by atoms with E-state index in [-0.39, 0.29) is 11.8 Å². The fourth-order valence-electron chi connectivity index (χ4n) is 3.66. The van der Waals surface area contributed by atoms with E-state index < -0.39 is 5.41 Å². The first kappa shape index (κ1) is 16.8. The lowest BCUT2D eigenvalue weighted by molar-refractivity contribution is -0.138. The van der Waals surface area contributed by atoms with Gasteiger partial charge in [0.15, 0.2) is 0 Å². The van der Waals surface area contributed by atoms with Crippen LogP contribution in [0.2, 0.25) is 0 Å². The van der Waals surface area contributed by atoms with E-state index in [0.29, 0.717) is 31.9 Å². The van der Waals surface area contributed by atoms with Crippen LogP contribution in [0.25, 0.3) is 0 Å². The minimum Gasteiger partial charge on any atom is -0.383 e. The lowest BCUT2D eigenvalue weighted by Crippen LogP contribution is -2.50. The second-order valence-corrected chi connectivity index (χ2v) is 6.69. The van der Waals surface area contributed by atoms with Crippen molar-refractivity contribution < 1.29 is 14.3 Å². The Kier molecular flexibility index (Phi) is 4.80. The highest BCUT2D eigenvalue weighted by Crippen LogP contribution is 2.40. The van der Waals surface area contributed by atoms with Gasteiger partial charge >= 0.3 is 0 Å². The van der Waals surface area contributed by atoms with Crippen LogP contribution < -0.4 is 0 Å². The molecule has 2 amide bonds. The van der Waals surface area contributed by atoms with Crippen molar-refractivity contribution in [2.45, 2.75) is 26.2 Å². The number of likely N-dealkylation sites (tertiary alicyclic amines) is 2. The SMILES string of the molecule is COCCN1CC[C@]2(CCCN(C(=O)c3cnc(C)cn3)C2)C1=O. The Hall–Kier alpha value is -2.02. The van der Waals surface area contributed by atoms with Crippen molar-refractivity contribution in [3.63, 3.8) is 0 Å². The number of carbonyl (C=O) groups excluding carboxylic acids is 2. The first-order valence-corrected chi connectivity index (χ1v) is 8.42. The van der Waals surface area contributed by atoms with Gasteiger partial charge in [-0.25, -0.2) is 4.98 Å². The zero-order valence-corrected chi connectivity index (χ0v) is 14.3. The maximum absolute atomic E-state index is 12.8. The highest BCUT2D eigenvalue weighted by molar-refractivity contribution is 5.93. The predicted molar refractivity (Wildman–Crippen MR) is 87.4 cm³/mol. The molecule has 2 aliphatic heterocycles. The fraction of sp³-hybridized carbons (Fsp3) is 0.647. The molecule has 130 valence electrons. The zero-order valence-electron chi connectivity index (χ0n) is 14.3. The lowest BCUT2D eigenvalue weighted by atomic mass is 9.78. The molecule has 2 fully saturated rings. The summed E-state index contributed by atoms with van der Waals surface area (Å²) in [5, 5.41) is 0. The van der Waals surface area contributed by atoms with Crippen LogP contribution in [0.5, 0.6) is 0 Å². The van der Waals surface area contributed by atoms with E-state index in [4.69, 9.17) is 4.74 Å². The van der Waals surface area contributed by atoms with Gasteiger partial charge in [0.25, 0.3) is 5.91 Å². The molecule has 2 saturated heterocycles. The van der Waals surface area contributed by atoms with Gasteiger partial charge in [0.1, 0.15) is 5.69 Å². The fourth-order valence-corrected chi connectivity index (χ4v) is 3.66. The standard InChI is InChI=1S/C17H24N4O3/c1-13-10-19-14(11-18-13)15(22)21-6-3-4-17(12-21)5-7-20(16(17)23)8-9-24-2/h10-11H,3-9,12H2,1-2H3/t17-/m0/s1. The Balaban J connectivity index is 1.71. The number of hydrogen-bond donors (Lipinski definition) is 0. The molecule has 7 heteroatoms. The molecule has 0 unspecified atom stereocenters. The number of amides is 2. The van der Waals surface area contributed by atoms with Gasteiger partial charge in [-0.15, -0.1) is 0 Å². The molecule has 3 rings (SSSR count). The van der Waals surface area contributed by atoms with Gasteiger partial charge in [0, 0.05) is 39.5 Å². The van der Waals surface area contributed by atoms with Crippen molar-refractivity contribution in [2.24, 2.45) is 5.41 Å².